The predicted octanol–water partition coefficient (Wildman–Crippen LogP) is 4.55. The largest absolute Gasteiger partial charge is 0.312 e. The lowest BCUT2D eigenvalue weighted by Gasteiger charge is -2.03. The first-order chi connectivity index (χ1) is 9.20. The van der Waals surface area contributed by atoms with Crippen molar-refractivity contribution in [3.63, 3.8) is 0 Å². The highest BCUT2D eigenvalue weighted by molar-refractivity contribution is 7.99. The number of thiazole rings is 1. The molecule has 1 aromatic rings. The highest BCUT2D eigenvalue weighted by atomic mass is 32.2. The van der Waals surface area contributed by atoms with Gasteiger partial charge >= 0.3 is 0 Å². The second kappa shape index (κ2) is 7.65. The number of thioether (sulfide) groups is 1. The van der Waals surface area contributed by atoms with Crippen LogP contribution >= 0.6 is 23.1 Å². The van der Waals surface area contributed by atoms with Crippen LogP contribution in [0.4, 0.5) is 0 Å². The smallest absolute Gasteiger partial charge is 0.103 e. The predicted molar refractivity (Wildman–Crippen MR) is 87.1 cm³/mol. The number of rotatable bonds is 9. The molecule has 0 aliphatic heterocycles. The van der Waals surface area contributed by atoms with Gasteiger partial charge in [0.2, 0.25) is 0 Å². The molecule has 2 rings (SSSR count). The van der Waals surface area contributed by atoms with E-state index in [1.165, 1.54) is 41.3 Å². The van der Waals surface area contributed by atoms with Gasteiger partial charge < -0.3 is 5.32 Å². The number of hydrogen-bond acceptors (Lipinski definition) is 4. The first-order valence-corrected chi connectivity index (χ1v) is 9.38. The molecule has 1 heterocycles. The lowest BCUT2D eigenvalue weighted by molar-refractivity contribution is 0.642. The number of nitrogens with zero attached hydrogens (tertiary/aromatic N) is 1. The molecule has 108 valence electrons. The molecular formula is C15H26N2S2. The molecule has 0 atom stereocenters. The zero-order valence-electron chi connectivity index (χ0n) is 12.4. The van der Waals surface area contributed by atoms with Crippen molar-refractivity contribution in [1.82, 2.24) is 10.3 Å². The average molecular weight is 299 g/mol. The van der Waals surface area contributed by atoms with Crippen LogP contribution in [0.25, 0.3) is 0 Å². The van der Waals surface area contributed by atoms with Crippen molar-refractivity contribution in [3.05, 3.63) is 15.6 Å². The highest BCUT2D eigenvalue weighted by Crippen LogP contribution is 2.43. The van der Waals surface area contributed by atoms with Crippen LogP contribution in [0.3, 0.4) is 0 Å². The van der Waals surface area contributed by atoms with Crippen LogP contribution in [0.5, 0.6) is 0 Å². The summed E-state index contributed by atoms with van der Waals surface area (Å²) in [5.41, 5.74) is 1.41. The summed E-state index contributed by atoms with van der Waals surface area (Å²) in [6.45, 7) is 8.91. The Balaban J connectivity index is 1.91. The third-order valence-corrected chi connectivity index (χ3v) is 5.63. The molecule has 1 aromatic heterocycles. The third kappa shape index (κ3) is 5.09. The van der Waals surface area contributed by atoms with Gasteiger partial charge in [-0.2, -0.15) is 11.8 Å². The Hall–Kier alpha value is -0.0600. The number of unbranched alkanes of at least 4 members (excludes halogenated alkanes) is 1. The van der Waals surface area contributed by atoms with Crippen molar-refractivity contribution in [3.8, 4) is 0 Å². The first kappa shape index (κ1) is 15.3. The zero-order valence-corrected chi connectivity index (χ0v) is 14.0. The third-order valence-electron chi connectivity index (χ3n) is 3.27. The minimum absolute atomic E-state index is 0.694. The van der Waals surface area contributed by atoms with E-state index < -0.39 is 0 Å². The molecule has 0 aromatic carbocycles. The van der Waals surface area contributed by atoms with Gasteiger partial charge in [0, 0.05) is 23.1 Å². The fraction of sp³-hybridized carbons (Fsp3) is 0.800. The van der Waals surface area contributed by atoms with E-state index in [0.29, 0.717) is 5.25 Å². The topological polar surface area (TPSA) is 24.9 Å². The van der Waals surface area contributed by atoms with E-state index in [0.717, 1.165) is 24.8 Å². The van der Waals surface area contributed by atoms with Crippen molar-refractivity contribution in [2.45, 2.75) is 69.9 Å². The minimum Gasteiger partial charge on any atom is -0.312 e. The maximum absolute atomic E-state index is 4.90. The van der Waals surface area contributed by atoms with E-state index in [9.17, 15) is 0 Å². The normalized spacial score (nSPS) is 15.4. The van der Waals surface area contributed by atoms with E-state index in [1.54, 1.807) is 0 Å². The maximum Gasteiger partial charge on any atom is 0.103 e. The second-order valence-corrected chi connectivity index (χ2v) is 8.31. The Bertz CT molecular complexity index is 383. The molecule has 2 nitrogen and oxygen atoms in total. The van der Waals surface area contributed by atoms with Crippen LogP contribution in [0.15, 0.2) is 0 Å². The summed E-state index contributed by atoms with van der Waals surface area (Å²) < 4.78 is 0. The summed E-state index contributed by atoms with van der Waals surface area (Å²) in [5.74, 6) is 1.86. The van der Waals surface area contributed by atoms with Crippen LogP contribution in [0, 0.1) is 0 Å². The number of nitrogens with one attached hydrogen (secondary N) is 1. The lowest BCUT2D eigenvalue weighted by Crippen LogP contribution is -2.14. The van der Waals surface area contributed by atoms with E-state index in [1.807, 2.05) is 23.1 Å². The van der Waals surface area contributed by atoms with Gasteiger partial charge in [-0.1, -0.05) is 27.2 Å². The van der Waals surface area contributed by atoms with Crippen molar-refractivity contribution in [2.75, 3.05) is 6.54 Å². The van der Waals surface area contributed by atoms with Gasteiger partial charge in [0.05, 0.1) is 5.69 Å². The molecule has 0 radical (unpaired) electrons. The highest BCUT2D eigenvalue weighted by Gasteiger charge is 2.29. The van der Waals surface area contributed by atoms with E-state index in [-0.39, 0.29) is 0 Å². The van der Waals surface area contributed by atoms with Crippen molar-refractivity contribution in [2.24, 2.45) is 0 Å². The van der Waals surface area contributed by atoms with Crippen molar-refractivity contribution >= 4 is 23.1 Å². The maximum atomic E-state index is 4.90. The van der Waals surface area contributed by atoms with E-state index in [2.05, 4.69) is 26.1 Å². The summed E-state index contributed by atoms with van der Waals surface area (Å²) in [4.78, 5) is 6.40. The van der Waals surface area contributed by atoms with Gasteiger partial charge in [-0.3, -0.25) is 0 Å². The molecular weight excluding hydrogens is 272 g/mol. The fourth-order valence-electron chi connectivity index (χ4n) is 2.02. The number of aromatic nitrogens is 1. The minimum atomic E-state index is 0.694. The van der Waals surface area contributed by atoms with Gasteiger partial charge in [-0.05, 0) is 31.1 Å². The Morgan fingerprint density at radius 2 is 2.21 bits per heavy atom. The molecule has 19 heavy (non-hydrogen) atoms. The van der Waals surface area contributed by atoms with Gasteiger partial charge in [0.25, 0.3) is 0 Å². The monoisotopic (exact) mass is 298 g/mol. The number of hydrogen-bond donors (Lipinski definition) is 1. The summed E-state index contributed by atoms with van der Waals surface area (Å²) in [7, 11) is 0. The van der Waals surface area contributed by atoms with Crippen LogP contribution in [-0.4, -0.2) is 16.8 Å². The van der Waals surface area contributed by atoms with Gasteiger partial charge in [0.1, 0.15) is 5.01 Å². The first-order valence-electron chi connectivity index (χ1n) is 7.51. The molecule has 1 fully saturated rings. The van der Waals surface area contributed by atoms with Crippen molar-refractivity contribution < 1.29 is 0 Å². The zero-order chi connectivity index (χ0) is 13.7. The molecule has 1 saturated carbocycles. The Kier molecular flexibility index (Phi) is 6.17. The summed E-state index contributed by atoms with van der Waals surface area (Å²) in [6.07, 6.45) is 5.24. The molecule has 1 aliphatic rings. The summed E-state index contributed by atoms with van der Waals surface area (Å²) in [6, 6.07) is 0. The fourth-order valence-corrected chi connectivity index (χ4v) is 3.92. The van der Waals surface area contributed by atoms with Crippen molar-refractivity contribution in [1.29, 1.82) is 0 Å². The Morgan fingerprint density at radius 1 is 1.42 bits per heavy atom. The lowest BCUT2D eigenvalue weighted by atomic mass is 10.2. The summed E-state index contributed by atoms with van der Waals surface area (Å²) >= 11 is 3.93. The molecule has 4 heteroatoms. The Labute approximate surface area is 125 Å². The van der Waals surface area contributed by atoms with E-state index in [4.69, 9.17) is 4.98 Å². The molecule has 0 unspecified atom stereocenters. The summed E-state index contributed by atoms with van der Waals surface area (Å²) in [5, 5.41) is 5.59. The molecule has 1 aliphatic carbocycles. The van der Waals surface area contributed by atoms with Crippen LogP contribution in [-0.2, 0) is 12.3 Å². The average Bonchev–Trinajstić information content (AvgIpc) is 3.14. The molecule has 0 amide bonds. The van der Waals surface area contributed by atoms with Gasteiger partial charge in [-0.25, -0.2) is 4.98 Å². The van der Waals surface area contributed by atoms with Crippen LogP contribution in [0.1, 0.15) is 68.0 Å². The molecule has 1 N–H and O–H groups in total. The van der Waals surface area contributed by atoms with Crippen LogP contribution < -0.4 is 5.32 Å². The quantitative estimate of drug-likeness (QED) is 0.677. The van der Waals surface area contributed by atoms with E-state index >= 15 is 0 Å². The Morgan fingerprint density at radius 3 is 2.84 bits per heavy atom. The van der Waals surface area contributed by atoms with Gasteiger partial charge in [0.15, 0.2) is 0 Å². The SMILES string of the molecule is CCCCNCc1sc(CSC(C)C)nc1C1CC1. The van der Waals surface area contributed by atoms with Gasteiger partial charge in [-0.15, -0.1) is 11.3 Å². The van der Waals surface area contributed by atoms with Crippen LogP contribution in [0.2, 0.25) is 0 Å². The molecule has 0 spiro atoms. The molecule has 0 bridgehead atoms. The standard InChI is InChI=1S/C15H26N2S2/c1-4-5-8-16-9-13-15(12-6-7-12)17-14(19-13)10-18-11(2)3/h11-12,16H,4-10H2,1-3H3. The second-order valence-electron chi connectivity index (χ2n) is 5.58. The molecule has 0 saturated heterocycles.